The Bertz CT molecular complexity index is 402. The van der Waals surface area contributed by atoms with Crippen LogP contribution in [0.25, 0.3) is 6.08 Å². The Morgan fingerprint density at radius 1 is 1.60 bits per heavy atom. The molecule has 5 heteroatoms. The van der Waals surface area contributed by atoms with E-state index in [9.17, 15) is 10.1 Å². The van der Waals surface area contributed by atoms with Crippen molar-refractivity contribution in [2.75, 3.05) is 0 Å². The lowest BCUT2D eigenvalue weighted by Crippen LogP contribution is -1.92. The van der Waals surface area contributed by atoms with Gasteiger partial charge in [-0.25, -0.2) is 0 Å². The molecule has 0 saturated heterocycles. The van der Waals surface area contributed by atoms with Crippen LogP contribution in [0, 0.1) is 10.1 Å². The molecule has 1 N–H and O–H groups in total. The van der Waals surface area contributed by atoms with Crippen LogP contribution >= 0.6 is 11.6 Å². The van der Waals surface area contributed by atoms with Crippen molar-refractivity contribution in [3.8, 4) is 0 Å². The fraction of sp³-hybridized carbons (Fsp3) is 0.200. The quantitative estimate of drug-likeness (QED) is 0.638. The number of halogens is 1. The molecule has 1 aromatic rings. The van der Waals surface area contributed by atoms with Crippen molar-refractivity contribution in [1.82, 2.24) is 0 Å². The van der Waals surface area contributed by atoms with Gasteiger partial charge in [0.05, 0.1) is 11.0 Å². The largest absolute Gasteiger partial charge is 0.389 e. The normalized spacial score (nSPS) is 13.0. The van der Waals surface area contributed by atoms with Gasteiger partial charge in [0.15, 0.2) is 0 Å². The van der Waals surface area contributed by atoms with Gasteiger partial charge >= 0.3 is 0 Å². The van der Waals surface area contributed by atoms with Gasteiger partial charge < -0.3 is 5.11 Å². The van der Waals surface area contributed by atoms with Gasteiger partial charge in [0.1, 0.15) is 0 Å². The van der Waals surface area contributed by atoms with Gasteiger partial charge in [0.2, 0.25) is 0 Å². The highest BCUT2D eigenvalue weighted by molar-refractivity contribution is 6.32. The molecule has 0 saturated carbocycles. The van der Waals surface area contributed by atoms with Crippen LogP contribution in [0.2, 0.25) is 5.02 Å². The maximum Gasteiger partial charge on any atom is 0.270 e. The molecule has 15 heavy (non-hydrogen) atoms. The Balaban J connectivity index is 3.05. The highest BCUT2D eigenvalue weighted by atomic mass is 35.5. The summed E-state index contributed by atoms with van der Waals surface area (Å²) in [5, 5.41) is 19.9. The first-order valence-electron chi connectivity index (χ1n) is 4.31. The standard InChI is InChI=1S/C10H10ClNO3/c1-7(13)2-3-8-6-9(12(14)15)4-5-10(8)11/h2-7,13H,1H3/b3-2+. The summed E-state index contributed by atoms with van der Waals surface area (Å²) in [5.41, 5.74) is 0.497. The third-order valence-electron chi connectivity index (χ3n) is 1.74. The van der Waals surface area contributed by atoms with E-state index in [4.69, 9.17) is 16.7 Å². The predicted octanol–water partition coefficient (Wildman–Crippen LogP) is 2.64. The van der Waals surface area contributed by atoms with Crippen LogP contribution in [-0.4, -0.2) is 16.1 Å². The molecule has 0 aromatic heterocycles. The van der Waals surface area contributed by atoms with Gasteiger partial charge in [-0.15, -0.1) is 0 Å². The van der Waals surface area contributed by atoms with Gasteiger partial charge in [0.25, 0.3) is 5.69 Å². The van der Waals surface area contributed by atoms with Gasteiger partial charge in [-0.3, -0.25) is 10.1 Å². The van der Waals surface area contributed by atoms with Crippen molar-refractivity contribution in [2.24, 2.45) is 0 Å². The number of nitro groups is 1. The third-order valence-corrected chi connectivity index (χ3v) is 2.09. The SMILES string of the molecule is CC(O)/C=C/c1cc([N+](=O)[O-])ccc1Cl. The molecule has 80 valence electrons. The van der Waals surface area contributed by atoms with Crippen LogP contribution in [0.15, 0.2) is 24.3 Å². The lowest BCUT2D eigenvalue weighted by molar-refractivity contribution is -0.384. The Hall–Kier alpha value is -1.39. The molecule has 1 rings (SSSR count). The summed E-state index contributed by atoms with van der Waals surface area (Å²) in [4.78, 5) is 10.0. The minimum atomic E-state index is -0.611. The number of non-ortho nitro benzene ring substituents is 1. The predicted molar refractivity (Wildman–Crippen MR) is 58.8 cm³/mol. The number of benzene rings is 1. The van der Waals surface area contributed by atoms with Crippen molar-refractivity contribution < 1.29 is 10.0 Å². The molecule has 0 aliphatic rings. The highest BCUT2D eigenvalue weighted by Gasteiger charge is 2.07. The van der Waals surface area contributed by atoms with E-state index in [1.807, 2.05) is 0 Å². The molecule has 0 heterocycles. The summed E-state index contributed by atoms with van der Waals surface area (Å²) in [5.74, 6) is 0. The van der Waals surface area contributed by atoms with E-state index in [0.717, 1.165) is 0 Å². The molecule has 4 nitrogen and oxygen atoms in total. The van der Waals surface area contributed by atoms with E-state index >= 15 is 0 Å². The van der Waals surface area contributed by atoms with E-state index < -0.39 is 11.0 Å². The molecular weight excluding hydrogens is 218 g/mol. The van der Waals surface area contributed by atoms with Crippen LogP contribution in [0.3, 0.4) is 0 Å². The second kappa shape index (κ2) is 4.91. The number of aliphatic hydroxyl groups excluding tert-OH is 1. The zero-order valence-corrected chi connectivity index (χ0v) is 8.81. The Morgan fingerprint density at radius 2 is 2.27 bits per heavy atom. The van der Waals surface area contributed by atoms with Gasteiger partial charge in [-0.05, 0) is 18.6 Å². The van der Waals surface area contributed by atoms with Crippen LogP contribution in [-0.2, 0) is 0 Å². The molecule has 1 atom stereocenters. The number of nitrogens with zero attached hydrogens (tertiary/aromatic N) is 1. The van der Waals surface area contributed by atoms with E-state index in [1.54, 1.807) is 13.0 Å². The minimum absolute atomic E-state index is 0.0235. The lowest BCUT2D eigenvalue weighted by atomic mass is 10.1. The second-order valence-corrected chi connectivity index (χ2v) is 3.47. The molecule has 0 aliphatic heterocycles. The summed E-state index contributed by atoms with van der Waals surface area (Å²) in [6, 6.07) is 4.16. The van der Waals surface area contributed by atoms with Gasteiger partial charge in [-0.1, -0.05) is 23.8 Å². The number of aliphatic hydroxyl groups is 1. The smallest absolute Gasteiger partial charge is 0.270 e. The van der Waals surface area contributed by atoms with E-state index in [0.29, 0.717) is 10.6 Å². The molecule has 0 amide bonds. The molecule has 0 spiro atoms. The number of nitro benzene ring substituents is 1. The van der Waals surface area contributed by atoms with Crippen molar-refractivity contribution in [1.29, 1.82) is 0 Å². The molecule has 1 aromatic carbocycles. The summed E-state index contributed by atoms with van der Waals surface area (Å²) >= 11 is 5.83. The van der Waals surface area contributed by atoms with Crippen LogP contribution in [0.5, 0.6) is 0 Å². The van der Waals surface area contributed by atoms with E-state index in [-0.39, 0.29) is 5.69 Å². The van der Waals surface area contributed by atoms with Crippen LogP contribution in [0.4, 0.5) is 5.69 Å². The fourth-order valence-corrected chi connectivity index (χ4v) is 1.20. The van der Waals surface area contributed by atoms with Gasteiger partial charge in [0, 0.05) is 17.2 Å². The summed E-state index contributed by atoms with van der Waals surface area (Å²) in [7, 11) is 0. The molecule has 0 bridgehead atoms. The van der Waals surface area contributed by atoms with E-state index in [2.05, 4.69) is 0 Å². The van der Waals surface area contributed by atoms with Crippen molar-refractivity contribution in [3.63, 3.8) is 0 Å². The molecular formula is C10H10ClNO3. The maximum absolute atomic E-state index is 10.5. The first-order valence-corrected chi connectivity index (χ1v) is 4.68. The third kappa shape index (κ3) is 3.34. The Kier molecular flexibility index (Phi) is 3.82. The lowest BCUT2D eigenvalue weighted by Gasteiger charge is -1.99. The first-order chi connectivity index (χ1) is 7.00. The first kappa shape index (κ1) is 11.7. The number of hydrogen-bond acceptors (Lipinski definition) is 3. The monoisotopic (exact) mass is 227 g/mol. The summed E-state index contributed by atoms with van der Waals surface area (Å²) in [6.07, 6.45) is 2.45. The average molecular weight is 228 g/mol. The fourth-order valence-electron chi connectivity index (χ4n) is 1.02. The van der Waals surface area contributed by atoms with Crippen LogP contribution in [0.1, 0.15) is 12.5 Å². The summed E-state index contributed by atoms with van der Waals surface area (Å²) < 4.78 is 0. The molecule has 0 aliphatic carbocycles. The zero-order chi connectivity index (χ0) is 11.4. The number of hydrogen-bond donors (Lipinski definition) is 1. The van der Waals surface area contributed by atoms with Crippen molar-refractivity contribution in [2.45, 2.75) is 13.0 Å². The average Bonchev–Trinajstić information content (AvgIpc) is 2.16. The van der Waals surface area contributed by atoms with E-state index in [1.165, 1.54) is 24.3 Å². The van der Waals surface area contributed by atoms with Crippen molar-refractivity contribution >= 4 is 23.4 Å². The zero-order valence-electron chi connectivity index (χ0n) is 8.05. The second-order valence-electron chi connectivity index (χ2n) is 3.06. The van der Waals surface area contributed by atoms with Gasteiger partial charge in [-0.2, -0.15) is 0 Å². The van der Waals surface area contributed by atoms with Crippen LogP contribution < -0.4 is 0 Å². The number of rotatable bonds is 3. The highest BCUT2D eigenvalue weighted by Crippen LogP contribution is 2.23. The molecule has 0 radical (unpaired) electrons. The topological polar surface area (TPSA) is 63.4 Å². The Labute approximate surface area is 92.0 Å². The summed E-state index contributed by atoms with van der Waals surface area (Å²) in [6.45, 7) is 1.59. The minimum Gasteiger partial charge on any atom is -0.389 e. The van der Waals surface area contributed by atoms with Crippen molar-refractivity contribution in [3.05, 3.63) is 45.0 Å². The maximum atomic E-state index is 10.5. The molecule has 1 unspecified atom stereocenters. The Morgan fingerprint density at radius 3 is 2.80 bits per heavy atom. The molecule has 0 fully saturated rings.